The summed E-state index contributed by atoms with van der Waals surface area (Å²) >= 11 is 0. The zero-order chi connectivity index (χ0) is 13.5. The summed E-state index contributed by atoms with van der Waals surface area (Å²) in [6, 6.07) is 9.60. The molecule has 10 heteroatoms. The second-order valence-electron chi connectivity index (χ2n) is 2.47. The van der Waals surface area contributed by atoms with Gasteiger partial charge in [-0.15, -0.1) is 17.4 Å². The van der Waals surface area contributed by atoms with Crippen LogP contribution in [0.25, 0.3) is 0 Å². The molecule has 0 aliphatic rings. The highest BCUT2D eigenvalue weighted by molar-refractivity contribution is 7.80. The van der Waals surface area contributed by atoms with Crippen LogP contribution in [0.15, 0.2) is 30.3 Å². The normalized spacial score (nSPS) is 11.4. The van der Waals surface area contributed by atoms with Gasteiger partial charge in [0.2, 0.25) is 0 Å². The van der Waals surface area contributed by atoms with Crippen molar-refractivity contribution in [3.63, 3.8) is 0 Å². The van der Waals surface area contributed by atoms with E-state index in [1.165, 1.54) is 0 Å². The average molecular weight is 274 g/mol. The van der Waals surface area contributed by atoms with E-state index < -0.39 is 16.8 Å². The van der Waals surface area contributed by atoms with E-state index in [0.717, 1.165) is 5.69 Å². The van der Waals surface area contributed by atoms with Crippen molar-refractivity contribution in [2.75, 3.05) is 5.43 Å². The van der Waals surface area contributed by atoms with Crippen LogP contribution in [0.2, 0.25) is 0 Å². The van der Waals surface area contributed by atoms with E-state index in [0.29, 0.717) is 0 Å². The van der Waals surface area contributed by atoms with Crippen LogP contribution < -0.4 is 11.3 Å². The molecule has 0 atom stereocenters. The molecule has 6 nitrogen and oxygen atoms in total. The highest BCUT2D eigenvalue weighted by Gasteiger charge is 2.35. The standard InChI is InChI=1S/C6H8N2.CHF3O4S/c7-8-6-4-2-1-3-5-6;2-1(3,4)8-9(5,6)7/h1-5,8H,7H2;(H,5,6,7). The molecule has 0 fully saturated rings. The van der Waals surface area contributed by atoms with E-state index >= 15 is 0 Å². The summed E-state index contributed by atoms with van der Waals surface area (Å²) in [6.07, 6.45) is -5.35. The molecule has 0 spiro atoms. The van der Waals surface area contributed by atoms with Crippen LogP contribution in [0.5, 0.6) is 0 Å². The zero-order valence-electron chi connectivity index (χ0n) is 8.18. The molecule has 0 saturated heterocycles. The predicted octanol–water partition coefficient (Wildman–Crippen LogP) is 1.30. The lowest BCUT2D eigenvalue weighted by Crippen LogP contribution is -2.18. The Bertz CT molecular complexity index is 420. The minimum Gasteiger partial charge on any atom is -0.324 e. The fourth-order valence-corrected chi connectivity index (χ4v) is 0.893. The first-order chi connectivity index (χ1) is 7.64. The number of para-hydroxylation sites is 1. The number of rotatable bonds is 2. The first-order valence-electron chi connectivity index (χ1n) is 3.90. The third-order valence-electron chi connectivity index (χ3n) is 1.14. The molecule has 0 amide bonds. The van der Waals surface area contributed by atoms with Gasteiger partial charge in [0.15, 0.2) is 0 Å². The molecular formula is C7H9F3N2O4S. The minimum atomic E-state index is -5.41. The van der Waals surface area contributed by atoms with E-state index in [4.69, 9.17) is 10.4 Å². The van der Waals surface area contributed by atoms with E-state index in [9.17, 15) is 21.6 Å². The molecule has 0 heterocycles. The third-order valence-corrected chi connectivity index (χ3v) is 1.54. The molecule has 4 N–H and O–H groups in total. The number of hydrazine groups is 1. The van der Waals surface area contributed by atoms with Crippen LogP contribution in [0.3, 0.4) is 0 Å². The summed E-state index contributed by atoms with van der Waals surface area (Å²) < 4.78 is 60.4. The first-order valence-corrected chi connectivity index (χ1v) is 5.27. The van der Waals surface area contributed by atoms with E-state index in [1.54, 1.807) is 0 Å². The van der Waals surface area contributed by atoms with Crippen molar-refractivity contribution in [3.05, 3.63) is 30.3 Å². The maximum Gasteiger partial charge on any atom is 0.538 e. The summed E-state index contributed by atoms with van der Waals surface area (Å²) in [6.45, 7) is 0. The van der Waals surface area contributed by atoms with Crippen molar-refractivity contribution in [2.24, 2.45) is 5.84 Å². The number of hydrogen-bond donors (Lipinski definition) is 3. The maximum atomic E-state index is 10.8. The monoisotopic (exact) mass is 274 g/mol. The Morgan fingerprint density at radius 1 is 1.24 bits per heavy atom. The molecule has 0 aliphatic carbocycles. The Morgan fingerprint density at radius 2 is 1.71 bits per heavy atom. The van der Waals surface area contributed by atoms with Crippen molar-refractivity contribution < 1.29 is 30.3 Å². The van der Waals surface area contributed by atoms with Gasteiger partial charge in [-0.3, -0.25) is 10.4 Å². The van der Waals surface area contributed by atoms with Gasteiger partial charge in [0.05, 0.1) is 0 Å². The lowest BCUT2D eigenvalue weighted by atomic mass is 10.3. The van der Waals surface area contributed by atoms with E-state index in [2.05, 4.69) is 9.61 Å². The highest BCUT2D eigenvalue weighted by Crippen LogP contribution is 2.18. The number of nitrogens with two attached hydrogens (primary N) is 1. The molecule has 0 aromatic heterocycles. The van der Waals surface area contributed by atoms with Gasteiger partial charge in [-0.2, -0.15) is 8.42 Å². The number of alkyl halides is 3. The van der Waals surface area contributed by atoms with Crippen molar-refractivity contribution in [2.45, 2.75) is 6.36 Å². The van der Waals surface area contributed by atoms with Crippen LogP contribution in [-0.4, -0.2) is 19.3 Å². The number of nitrogen functional groups attached to an aromatic ring is 1. The van der Waals surface area contributed by atoms with Crippen molar-refractivity contribution >= 4 is 16.1 Å². The van der Waals surface area contributed by atoms with Crippen molar-refractivity contribution in [1.82, 2.24) is 0 Å². The van der Waals surface area contributed by atoms with Gasteiger partial charge in [0, 0.05) is 5.69 Å². The SMILES string of the molecule is NNc1ccccc1.O=S(=O)(O)OC(F)(F)F. The van der Waals surface area contributed by atoms with Gasteiger partial charge < -0.3 is 5.43 Å². The maximum absolute atomic E-state index is 10.8. The molecule has 98 valence electrons. The molecule has 0 unspecified atom stereocenters. The minimum absolute atomic E-state index is 0.938. The Morgan fingerprint density at radius 3 is 1.88 bits per heavy atom. The van der Waals surface area contributed by atoms with Gasteiger partial charge in [-0.1, -0.05) is 18.2 Å². The molecule has 0 radical (unpaired) electrons. The van der Waals surface area contributed by atoms with Crippen LogP contribution in [0.4, 0.5) is 18.9 Å². The topological polar surface area (TPSA) is 102 Å². The fourth-order valence-electron chi connectivity index (χ4n) is 0.654. The second-order valence-corrected chi connectivity index (χ2v) is 3.49. The second kappa shape index (κ2) is 6.39. The number of anilines is 1. The Balaban J connectivity index is 0.000000302. The Kier molecular flexibility index (Phi) is 5.88. The highest BCUT2D eigenvalue weighted by atomic mass is 32.3. The van der Waals surface area contributed by atoms with Crippen LogP contribution in [-0.2, 0) is 14.6 Å². The lowest BCUT2D eigenvalue weighted by molar-refractivity contribution is -0.274. The van der Waals surface area contributed by atoms with E-state index in [-0.39, 0.29) is 0 Å². The average Bonchev–Trinajstić information content (AvgIpc) is 2.14. The van der Waals surface area contributed by atoms with Gasteiger partial charge in [0.25, 0.3) is 0 Å². The summed E-state index contributed by atoms with van der Waals surface area (Å²) in [5, 5.41) is 0. The number of halogens is 3. The molecular weight excluding hydrogens is 265 g/mol. The lowest BCUT2D eigenvalue weighted by Gasteiger charge is -2.00. The predicted molar refractivity (Wildman–Crippen MR) is 52.9 cm³/mol. The molecule has 0 bridgehead atoms. The Hall–Kier alpha value is -1.36. The molecule has 1 aromatic carbocycles. The summed E-state index contributed by atoms with van der Waals surface area (Å²) in [7, 11) is -5.41. The Labute approximate surface area is 95.1 Å². The smallest absolute Gasteiger partial charge is 0.324 e. The summed E-state index contributed by atoms with van der Waals surface area (Å²) in [4.78, 5) is 0. The van der Waals surface area contributed by atoms with Gasteiger partial charge in [-0.25, -0.2) is 0 Å². The quantitative estimate of drug-likeness (QED) is 0.427. The summed E-state index contributed by atoms with van der Waals surface area (Å²) in [5.74, 6) is 5.10. The molecule has 1 aromatic rings. The van der Waals surface area contributed by atoms with Crippen LogP contribution in [0.1, 0.15) is 0 Å². The zero-order valence-corrected chi connectivity index (χ0v) is 8.99. The first kappa shape index (κ1) is 15.6. The molecule has 0 aliphatic heterocycles. The fraction of sp³-hybridized carbons (Fsp3) is 0.143. The number of hydrogen-bond acceptors (Lipinski definition) is 5. The van der Waals surface area contributed by atoms with Gasteiger partial charge in [-0.05, 0) is 12.1 Å². The summed E-state index contributed by atoms with van der Waals surface area (Å²) in [5.41, 5.74) is 3.46. The van der Waals surface area contributed by atoms with Crippen molar-refractivity contribution in [3.8, 4) is 0 Å². The number of benzene rings is 1. The third kappa shape index (κ3) is 10.9. The molecule has 0 saturated carbocycles. The van der Waals surface area contributed by atoms with Crippen LogP contribution >= 0.6 is 0 Å². The van der Waals surface area contributed by atoms with Gasteiger partial charge >= 0.3 is 16.8 Å². The van der Waals surface area contributed by atoms with Gasteiger partial charge in [0.1, 0.15) is 0 Å². The number of nitrogens with one attached hydrogen (secondary N) is 1. The van der Waals surface area contributed by atoms with Crippen LogP contribution in [0, 0.1) is 0 Å². The largest absolute Gasteiger partial charge is 0.538 e. The van der Waals surface area contributed by atoms with Crippen molar-refractivity contribution in [1.29, 1.82) is 0 Å². The molecule has 1 rings (SSSR count). The van der Waals surface area contributed by atoms with E-state index in [1.807, 2.05) is 30.3 Å². The molecule has 17 heavy (non-hydrogen) atoms.